The fourth-order valence-electron chi connectivity index (χ4n) is 1.88. The van der Waals surface area contributed by atoms with Crippen LogP contribution < -0.4 is 10.2 Å². The minimum atomic E-state index is -0.245. The molecule has 1 amide bonds. The maximum absolute atomic E-state index is 12.0. The van der Waals surface area contributed by atoms with E-state index in [1.54, 1.807) is 30.5 Å². The lowest BCUT2D eigenvalue weighted by molar-refractivity contribution is 0.0955. The molecule has 0 saturated carbocycles. The van der Waals surface area contributed by atoms with Crippen LogP contribution in [-0.4, -0.2) is 18.7 Å². The molecule has 4 heteroatoms. The van der Waals surface area contributed by atoms with Crippen molar-refractivity contribution in [3.8, 4) is 5.75 Å². The molecule has 0 unspecified atom stereocenters. The largest absolute Gasteiger partial charge is 0.494 e. The molecule has 2 aromatic rings. The van der Waals surface area contributed by atoms with Crippen molar-refractivity contribution in [2.24, 2.45) is 11.0 Å². The number of hydrazone groups is 1. The molecule has 0 saturated heterocycles. The maximum atomic E-state index is 12.0. The summed E-state index contributed by atoms with van der Waals surface area (Å²) in [4.78, 5) is 12.0. The fraction of sp³-hybridized carbons (Fsp3) is 0.263. The highest BCUT2D eigenvalue weighted by atomic mass is 16.5. The number of hydrogen-bond donors (Lipinski definition) is 1. The van der Waals surface area contributed by atoms with Crippen LogP contribution in [0.15, 0.2) is 59.7 Å². The molecule has 0 spiro atoms. The Bertz CT molecular complexity index is 634. The standard InChI is InChI=1S/C19H22N2O2/c1-15(2)12-13-23-18-10-8-17(9-11-18)19(22)21-20-14-16-6-4-3-5-7-16/h3-11,14-15H,12-13H2,1-2H3,(H,21,22). The first-order valence-electron chi connectivity index (χ1n) is 7.76. The third kappa shape index (κ3) is 5.94. The van der Waals surface area contributed by atoms with E-state index in [1.165, 1.54) is 0 Å². The van der Waals surface area contributed by atoms with Gasteiger partial charge in [0.1, 0.15) is 5.75 Å². The van der Waals surface area contributed by atoms with Crippen molar-refractivity contribution in [1.29, 1.82) is 0 Å². The average Bonchev–Trinajstić information content (AvgIpc) is 2.56. The van der Waals surface area contributed by atoms with Crippen LogP contribution in [0, 0.1) is 5.92 Å². The van der Waals surface area contributed by atoms with Crippen LogP contribution in [0.1, 0.15) is 36.2 Å². The van der Waals surface area contributed by atoms with Crippen LogP contribution in [-0.2, 0) is 0 Å². The highest BCUT2D eigenvalue weighted by molar-refractivity contribution is 5.94. The summed E-state index contributed by atoms with van der Waals surface area (Å²) in [6, 6.07) is 16.7. The quantitative estimate of drug-likeness (QED) is 0.623. The van der Waals surface area contributed by atoms with Gasteiger partial charge in [0.15, 0.2) is 0 Å². The van der Waals surface area contributed by atoms with Crippen LogP contribution in [0.4, 0.5) is 0 Å². The summed E-state index contributed by atoms with van der Waals surface area (Å²) in [6.07, 6.45) is 2.62. The minimum Gasteiger partial charge on any atom is -0.494 e. The zero-order valence-corrected chi connectivity index (χ0v) is 13.5. The van der Waals surface area contributed by atoms with Gasteiger partial charge in [-0.2, -0.15) is 5.10 Å². The topological polar surface area (TPSA) is 50.7 Å². The van der Waals surface area contributed by atoms with E-state index in [9.17, 15) is 4.79 Å². The van der Waals surface area contributed by atoms with E-state index in [-0.39, 0.29) is 5.91 Å². The summed E-state index contributed by atoms with van der Waals surface area (Å²) >= 11 is 0. The van der Waals surface area contributed by atoms with Gasteiger partial charge in [0.05, 0.1) is 12.8 Å². The summed E-state index contributed by atoms with van der Waals surface area (Å²) in [5.74, 6) is 1.14. The van der Waals surface area contributed by atoms with E-state index in [1.807, 2.05) is 30.3 Å². The Morgan fingerprint density at radius 3 is 2.48 bits per heavy atom. The van der Waals surface area contributed by atoms with Gasteiger partial charge in [0.25, 0.3) is 5.91 Å². The third-order valence-corrected chi connectivity index (χ3v) is 3.26. The lowest BCUT2D eigenvalue weighted by Crippen LogP contribution is -2.17. The van der Waals surface area contributed by atoms with Gasteiger partial charge >= 0.3 is 0 Å². The molecule has 2 rings (SSSR count). The highest BCUT2D eigenvalue weighted by Crippen LogP contribution is 2.13. The number of ether oxygens (including phenoxy) is 1. The Hall–Kier alpha value is -2.62. The fourth-order valence-corrected chi connectivity index (χ4v) is 1.88. The van der Waals surface area contributed by atoms with Crippen molar-refractivity contribution in [3.63, 3.8) is 0 Å². The summed E-state index contributed by atoms with van der Waals surface area (Å²) in [7, 11) is 0. The van der Waals surface area contributed by atoms with Crippen molar-refractivity contribution in [3.05, 3.63) is 65.7 Å². The van der Waals surface area contributed by atoms with E-state index >= 15 is 0 Å². The minimum absolute atomic E-state index is 0.245. The van der Waals surface area contributed by atoms with Crippen LogP contribution >= 0.6 is 0 Å². The normalized spacial score (nSPS) is 10.9. The number of carbonyl (C=O) groups is 1. The zero-order valence-electron chi connectivity index (χ0n) is 13.5. The molecule has 0 bridgehead atoms. The number of amides is 1. The molecule has 0 radical (unpaired) electrons. The van der Waals surface area contributed by atoms with Gasteiger partial charge in [-0.15, -0.1) is 0 Å². The van der Waals surface area contributed by atoms with Gasteiger partial charge in [-0.25, -0.2) is 5.43 Å². The molecule has 0 aromatic heterocycles. The lowest BCUT2D eigenvalue weighted by Gasteiger charge is -2.08. The van der Waals surface area contributed by atoms with E-state index in [4.69, 9.17) is 4.74 Å². The lowest BCUT2D eigenvalue weighted by atomic mass is 10.1. The summed E-state index contributed by atoms with van der Waals surface area (Å²) < 4.78 is 5.63. The van der Waals surface area contributed by atoms with Gasteiger partial charge in [0, 0.05) is 5.56 Å². The van der Waals surface area contributed by atoms with Crippen molar-refractivity contribution in [2.45, 2.75) is 20.3 Å². The molecular weight excluding hydrogens is 288 g/mol. The van der Waals surface area contributed by atoms with Crippen molar-refractivity contribution in [2.75, 3.05) is 6.61 Å². The first-order valence-corrected chi connectivity index (χ1v) is 7.76. The summed E-state index contributed by atoms with van der Waals surface area (Å²) in [6.45, 7) is 5.00. The second-order valence-corrected chi connectivity index (χ2v) is 5.67. The monoisotopic (exact) mass is 310 g/mol. The van der Waals surface area contributed by atoms with Gasteiger partial charge in [-0.3, -0.25) is 4.79 Å². The Kier molecular flexibility index (Phi) is 6.36. The smallest absolute Gasteiger partial charge is 0.271 e. The van der Waals surface area contributed by atoms with E-state index < -0.39 is 0 Å². The molecule has 2 aromatic carbocycles. The predicted molar refractivity (Wildman–Crippen MR) is 92.9 cm³/mol. The molecule has 120 valence electrons. The Morgan fingerprint density at radius 2 is 1.83 bits per heavy atom. The first kappa shape index (κ1) is 16.7. The molecule has 0 aliphatic rings. The summed E-state index contributed by atoms with van der Waals surface area (Å²) in [5, 5.41) is 3.95. The number of rotatable bonds is 7. The molecule has 4 nitrogen and oxygen atoms in total. The maximum Gasteiger partial charge on any atom is 0.271 e. The number of benzene rings is 2. The van der Waals surface area contributed by atoms with Crippen molar-refractivity contribution in [1.82, 2.24) is 5.43 Å². The second kappa shape index (κ2) is 8.73. The Balaban J connectivity index is 1.84. The Morgan fingerprint density at radius 1 is 1.13 bits per heavy atom. The van der Waals surface area contributed by atoms with Crippen LogP contribution in [0.3, 0.4) is 0 Å². The SMILES string of the molecule is CC(C)CCOc1ccc(C(=O)NN=Cc2ccccc2)cc1. The van der Waals surface area contributed by atoms with Gasteiger partial charge in [0.2, 0.25) is 0 Å². The predicted octanol–water partition coefficient (Wildman–Crippen LogP) is 3.88. The number of hydrogen-bond acceptors (Lipinski definition) is 3. The van der Waals surface area contributed by atoms with Crippen LogP contribution in [0.25, 0.3) is 0 Å². The number of carbonyl (C=O) groups excluding carboxylic acids is 1. The molecule has 23 heavy (non-hydrogen) atoms. The van der Waals surface area contributed by atoms with Crippen LogP contribution in [0.5, 0.6) is 5.75 Å². The number of nitrogens with one attached hydrogen (secondary N) is 1. The van der Waals surface area contributed by atoms with E-state index in [2.05, 4.69) is 24.4 Å². The van der Waals surface area contributed by atoms with E-state index in [0.29, 0.717) is 18.1 Å². The van der Waals surface area contributed by atoms with Gasteiger partial charge in [-0.1, -0.05) is 44.2 Å². The third-order valence-electron chi connectivity index (χ3n) is 3.26. The molecular formula is C19H22N2O2. The average molecular weight is 310 g/mol. The summed E-state index contributed by atoms with van der Waals surface area (Å²) in [5.41, 5.74) is 3.99. The van der Waals surface area contributed by atoms with E-state index in [0.717, 1.165) is 17.7 Å². The number of nitrogens with zero attached hydrogens (tertiary/aromatic N) is 1. The molecule has 0 fully saturated rings. The van der Waals surface area contributed by atoms with Crippen molar-refractivity contribution < 1.29 is 9.53 Å². The molecule has 0 heterocycles. The van der Waals surface area contributed by atoms with Crippen LogP contribution in [0.2, 0.25) is 0 Å². The first-order chi connectivity index (χ1) is 11.1. The molecule has 1 N–H and O–H groups in total. The highest BCUT2D eigenvalue weighted by Gasteiger charge is 2.04. The molecule has 0 aliphatic carbocycles. The van der Waals surface area contributed by atoms with Gasteiger partial charge in [-0.05, 0) is 42.2 Å². The van der Waals surface area contributed by atoms with Crippen molar-refractivity contribution >= 4 is 12.1 Å². The van der Waals surface area contributed by atoms with Gasteiger partial charge < -0.3 is 4.74 Å². The zero-order chi connectivity index (χ0) is 16.5. The molecule has 0 atom stereocenters. The second-order valence-electron chi connectivity index (χ2n) is 5.67. The Labute approximate surface area is 137 Å². The molecule has 0 aliphatic heterocycles.